The van der Waals surface area contributed by atoms with Gasteiger partial charge in [0.25, 0.3) is 5.91 Å². The Labute approximate surface area is 231 Å². The average molecular weight is 567 g/mol. The Bertz CT molecular complexity index is 1550. The zero-order chi connectivity index (χ0) is 28.5. The van der Waals surface area contributed by atoms with Crippen LogP contribution in [0, 0.1) is 11.6 Å². The molecule has 0 bridgehead atoms. The monoisotopic (exact) mass is 566 g/mol. The Kier molecular flexibility index (Phi) is 6.86. The van der Waals surface area contributed by atoms with Crippen LogP contribution in [0.5, 0.6) is 0 Å². The summed E-state index contributed by atoms with van der Waals surface area (Å²) in [5.41, 5.74) is -0.0641. The van der Waals surface area contributed by atoms with Crippen molar-refractivity contribution in [1.29, 1.82) is 0 Å². The summed E-state index contributed by atoms with van der Waals surface area (Å²) in [5, 5.41) is 10.1. The van der Waals surface area contributed by atoms with Crippen molar-refractivity contribution in [2.75, 3.05) is 49.1 Å². The summed E-state index contributed by atoms with van der Waals surface area (Å²) in [5.74, 6) is -2.15. The number of benzene rings is 1. The van der Waals surface area contributed by atoms with Crippen LogP contribution in [-0.2, 0) is 16.1 Å². The van der Waals surface area contributed by atoms with E-state index < -0.39 is 29.7 Å². The van der Waals surface area contributed by atoms with Crippen molar-refractivity contribution in [1.82, 2.24) is 39.6 Å². The average Bonchev–Trinajstić information content (AvgIpc) is 3.72. The van der Waals surface area contributed by atoms with Crippen LogP contribution in [0.3, 0.4) is 0 Å². The summed E-state index contributed by atoms with van der Waals surface area (Å²) >= 11 is 0. The third-order valence-electron chi connectivity index (χ3n) is 6.87. The van der Waals surface area contributed by atoms with Gasteiger partial charge in [-0.3, -0.25) is 18.9 Å². The summed E-state index contributed by atoms with van der Waals surface area (Å²) in [4.78, 5) is 49.9. The molecule has 3 amide bonds. The number of piperazine rings is 1. The van der Waals surface area contributed by atoms with E-state index >= 15 is 8.78 Å². The Morgan fingerprint density at radius 3 is 2.56 bits per heavy atom. The predicted octanol–water partition coefficient (Wildman–Crippen LogP) is 0.703. The zero-order valence-corrected chi connectivity index (χ0v) is 21.6. The number of carbonyl (C=O) groups is 3. The second-order valence-electron chi connectivity index (χ2n) is 9.50. The molecule has 14 nitrogen and oxygen atoms in total. The standard InChI is InChI=1S/C25H24F2N10O4/c26-18-10-16(37-14-17(41-25(37)40)13-36-5-3-30-32-36)11-19(27)22(18)34-8-6-33(7-9-34)21(38)12-29-23(39)20-15-35-4-1-2-28-24(35)31-20/h1-5,10-11,15,17H,6-9,12-14H2,(H,29,39). The number of rotatable bonds is 7. The number of ether oxygens (including phenoxy) is 1. The van der Waals surface area contributed by atoms with Gasteiger partial charge in [0.15, 0.2) is 11.6 Å². The summed E-state index contributed by atoms with van der Waals surface area (Å²) in [6.45, 7) is 0.874. The molecular weight excluding hydrogens is 542 g/mol. The number of hydrogen-bond acceptors (Lipinski definition) is 9. The lowest BCUT2D eigenvalue weighted by Gasteiger charge is -2.36. The van der Waals surface area contributed by atoms with Crippen molar-refractivity contribution >= 4 is 35.1 Å². The highest BCUT2D eigenvalue weighted by Crippen LogP contribution is 2.31. The van der Waals surface area contributed by atoms with Gasteiger partial charge in [0.2, 0.25) is 11.7 Å². The number of nitrogens with one attached hydrogen (secondary N) is 1. The molecule has 212 valence electrons. The minimum absolute atomic E-state index is 0.0424. The van der Waals surface area contributed by atoms with E-state index in [4.69, 9.17) is 4.74 Å². The van der Waals surface area contributed by atoms with E-state index in [-0.39, 0.29) is 68.8 Å². The fourth-order valence-electron chi connectivity index (χ4n) is 4.85. The maximum absolute atomic E-state index is 15.2. The van der Waals surface area contributed by atoms with E-state index in [1.807, 2.05) is 0 Å². The normalized spacial score (nSPS) is 17.3. The molecule has 0 aliphatic carbocycles. The molecule has 2 saturated heterocycles. The lowest BCUT2D eigenvalue weighted by Crippen LogP contribution is -2.51. The van der Waals surface area contributed by atoms with Crippen molar-refractivity contribution in [3.63, 3.8) is 0 Å². The van der Waals surface area contributed by atoms with Crippen molar-refractivity contribution < 1.29 is 27.9 Å². The molecule has 3 aromatic heterocycles. The molecule has 41 heavy (non-hydrogen) atoms. The van der Waals surface area contributed by atoms with E-state index in [2.05, 4.69) is 25.6 Å². The van der Waals surface area contributed by atoms with Gasteiger partial charge in [-0.05, 0) is 6.07 Å². The molecule has 6 rings (SSSR count). The molecule has 2 aliphatic heterocycles. The largest absolute Gasteiger partial charge is 0.442 e. The first-order chi connectivity index (χ1) is 19.9. The molecule has 2 aliphatic rings. The molecule has 16 heteroatoms. The Morgan fingerprint density at radius 2 is 1.85 bits per heavy atom. The highest BCUT2D eigenvalue weighted by molar-refractivity contribution is 5.95. The van der Waals surface area contributed by atoms with E-state index in [1.165, 1.54) is 31.8 Å². The highest BCUT2D eigenvalue weighted by Gasteiger charge is 2.34. The van der Waals surface area contributed by atoms with Crippen LogP contribution in [0.2, 0.25) is 0 Å². The van der Waals surface area contributed by atoms with Crippen LogP contribution in [-0.4, -0.2) is 97.5 Å². The first-order valence-corrected chi connectivity index (χ1v) is 12.8. The maximum atomic E-state index is 15.2. The van der Waals surface area contributed by atoms with Crippen molar-refractivity contribution in [3.05, 3.63) is 66.5 Å². The molecular formula is C25H24F2N10O4. The van der Waals surface area contributed by atoms with Gasteiger partial charge in [-0.1, -0.05) is 5.21 Å². The van der Waals surface area contributed by atoms with Gasteiger partial charge in [-0.2, -0.15) is 0 Å². The number of aromatic nitrogens is 6. The molecule has 1 unspecified atom stereocenters. The first-order valence-electron chi connectivity index (χ1n) is 12.8. The molecule has 4 aromatic rings. The maximum Gasteiger partial charge on any atom is 0.414 e. The summed E-state index contributed by atoms with van der Waals surface area (Å²) in [6, 6.07) is 3.89. The van der Waals surface area contributed by atoms with Crippen LogP contribution in [0.15, 0.2) is 49.2 Å². The first kappa shape index (κ1) is 26.1. The van der Waals surface area contributed by atoms with E-state index in [1.54, 1.807) is 29.1 Å². The fraction of sp³-hybridized carbons (Fsp3) is 0.320. The van der Waals surface area contributed by atoms with E-state index in [0.717, 1.165) is 12.1 Å². The minimum atomic E-state index is -0.832. The van der Waals surface area contributed by atoms with Gasteiger partial charge in [0.1, 0.15) is 17.5 Å². The quantitative estimate of drug-likeness (QED) is 0.342. The molecule has 5 heterocycles. The van der Waals surface area contributed by atoms with Gasteiger partial charge in [-0.15, -0.1) is 5.10 Å². The Hall–Kier alpha value is -5.15. The van der Waals surface area contributed by atoms with Crippen LogP contribution in [0.25, 0.3) is 5.78 Å². The third-order valence-corrected chi connectivity index (χ3v) is 6.87. The molecule has 1 atom stereocenters. The van der Waals surface area contributed by atoms with Gasteiger partial charge in [0.05, 0.1) is 31.5 Å². The SMILES string of the molecule is O=C(NCC(=O)N1CCN(c2c(F)cc(N3CC(Cn4ccnn4)OC3=O)cc2F)CC1)c1cn2cccnc2n1. The molecule has 1 N–H and O–H groups in total. The number of fused-ring (bicyclic) bond motifs is 1. The zero-order valence-electron chi connectivity index (χ0n) is 21.6. The molecule has 2 fully saturated rings. The second-order valence-corrected chi connectivity index (χ2v) is 9.50. The summed E-state index contributed by atoms with van der Waals surface area (Å²) in [6.07, 6.45) is 6.62. The number of halogens is 2. The third kappa shape index (κ3) is 5.35. The van der Waals surface area contributed by atoms with Gasteiger partial charge in [-0.25, -0.2) is 28.2 Å². The summed E-state index contributed by atoms with van der Waals surface area (Å²) < 4.78 is 38.7. The molecule has 0 saturated carbocycles. The Morgan fingerprint density at radius 1 is 1.07 bits per heavy atom. The number of nitrogens with zero attached hydrogens (tertiary/aromatic N) is 9. The smallest absolute Gasteiger partial charge is 0.414 e. The van der Waals surface area contributed by atoms with Crippen molar-refractivity contribution in [3.8, 4) is 0 Å². The number of imidazole rings is 1. The number of carbonyl (C=O) groups excluding carboxylic acids is 3. The van der Waals surface area contributed by atoms with Gasteiger partial charge < -0.3 is 19.9 Å². The molecule has 1 aromatic carbocycles. The lowest BCUT2D eigenvalue weighted by atomic mass is 10.2. The molecule has 0 radical (unpaired) electrons. The van der Waals surface area contributed by atoms with Crippen LogP contribution in [0.1, 0.15) is 10.5 Å². The van der Waals surface area contributed by atoms with Crippen LogP contribution in [0.4, 0.5) is 25.0 Å². The number of anilines is 2. The second kappa shape index (κ2) is 10.8. The van der Waals surface area contributed by atoms with Crippen molar-refractivity contribution in [2.24, 2.45) is 0 Å². The van der Waals surface area contributed by atoms with Gasteiger partial charge >= 0.3 is 6.09 Å². The fourth-order valence-corrected chi connectivity index (χ4v) is 4.85. The number of hydrogen-bond donors (Lipinski definition) is 1. The number of amides is 3. The minimum Gasteiger partial charge on any atom is -0.442 e. The predicted molar refractivity (Wildman–Crippen MR) is 138 cm³/mol. The van der Waals surface area contributed by atoms with Crippen molar-refractivity contribution in [2.45, 2.75) is 12.6 Å². The van der Waals surface area contributed by atoms with Crippen LogP contribution >= 0.6 is 0 Å². The van der Waals surface area contributed by atoms with E-state index in [0.29, 0.717) is 5.78 Å². The topological polar surface area (TPSA) is 143 Å². The summed E-state index contributed by atoms with van der Waals surface area (Å²) in [7, 11) is 0. The van der Waals surface area contributed by atoms with Gasteiger partial charge in [0, 0.05) is 63.1 Å². The van der Waals surface area contributed by atoms with E-state index in [9.17, 15) is 14.4 Å². The Balaban J connectivity index is 1.03. The number of cyclic esters (lactones) is 1. The highest BCUT2D eigenvalue weighted by atomic mass is 19.1. The molecule has 0 spiro atoms. The van der Waals surface area contributed by atoms with Crippen LogP contribution < -0.4 is 15.1 Å². The lowest BCUT2D eigenvalue weighted by molar-refractivity contribution is -0.130.